The van der Waals surface area contributed by atoms with Crippen molar-refractivity contribution in [3.05, 3.63) is 24.3 Å². The Balaban J connectivity index is 2.34. The van der Waals surface area contributed by atoms with E-state index in [2.05, 4.69) is 15.3 Å². The third-order valence-corrected chi connectivity index (χ3v) is 1.93. The van der Waals surface area contributed by atoms with Crippen molar-refractivity contribution in [1.29, 1.82) is 0 Å². The van der Waals surface area contributed by atoms with E-state index in [-0.39, 0.29) is 12.6 Å². The molecule has 0 fully saturated rings. The predicted molar refractivity (Wildman–Crippen MR) is 50.0 cm³/mol. The summed E-state index contributed by atoms with van der Waals surface area (Å²) in [6.07, 6.45) is 4.16. The molecule has 72 valence electrons. The molecule has 13 heavy (non-hydrogen) atoms. The number of hydrogen-bond donors (Lipinski definition) is 2. The molecule has 1 aromatic rings. The van der Waals surface area contributed by atoms with Gasteiger partial charge >= 0.3 is 0 Å². The van der Waals surface area contributed by atoms with Crippen LogP contribution < -0.4 is 5.32 Å². The summed E-state index contributed by atoms with van der Waals surface area (Å²) in [6, 6.07) is 2.02. The van der Waals surface area contributed by atoms with Gasteiger partial charge in [0, 0.05) is 18.8 Å². The third-order valence-electron chi connectivity index (χ3n) is 1.93. The molecular weight excluding hydrogens is 166 g/mol. The van der Waals surface area contributed by atoms with E-state index in [1.165, 1.54) is 6.33 Å². The number of aliphatic hydroxyl groups excluding tert-OH is 1. The first-order valence-corrected chi connectivity index (χ1v) is 4.46. The quantitative estimate of drug-likeness (QED) is 0.687. The molecule has 4 nitrogen and oxygen atoms in total. The summed E-state index contributed by atoms with van der Waals surface area (Å²) in [5.74, 6) is 0. The van der Waals surface area contributed by atoms with Gasteiger partial charge in [0.1, 0.15) is 6.33 Å². The Labute approximate surface area is 78.0 Å². The second-order valence-electron chi connectivity index (χ2n) is 2.87. The lowest BCUT2D eigenvalue weighted by Gasteiger charge is -2.12. The summed E-state index contributed by atoms with van der Waals surface area (Å²) in [7, 11) is 0. The Morgan fingerprint density at radius 1 is 1.62 bits per heavy atom. The van der Waals surface area contributed by atoms with Gasteiger partial charge in [-0.15, -0.1) is 0 Å². The molecule has 2 N–H and O–H groups in total. The zero-order valence-electron chi connectivity index (χ0n) is 7.77. The fraction of sp³-hybridized carbons (Fsp3) is 0.556. The van der Waals surface area contributed by atoms with Crippen LogP contribution in [0.1, 0.15) is 19.0 Å². The van der Waals surface area contributed by atoms with Gasteiger partial charge in [-0.3, -0.25) is 0 Å². The molecule has 0 aromatic carbocycles. The number of aliphatic hydroxyl groups is 1. The highest BCUT2D eigenvalue weighted by atomic mass is 16.3. The molecule has 0 spiro atoms. The van der Waals surface area contributed by atoms with Crippen LogP contribution in [0.5, 0.6) is 0 Å². The molecule has 0 aliphatic carbocycles. The largest absolute Gasteiger partial charge is 0.395 e. The third kappa shape index (κ3) is 3.48. The minimum atomic E-state index is 0.162. The lowest BCUT2D eigenvalue weighted by Crippen LogP contribution is -2.31. The maximum Gasteiger partial charge on any atom is 0.115 e. The first-order valence-electron chi connectivity index (χ1n) is 4.46. The molecule has 0 aliphatic heterocycles. The van der Waals surface area contributed by atoms with Crippen LogP contribution in [0.3, 0.4) is 0 Å². The van der Waals surface area contributed by atoms with Gasteiger partial charge in [0.15, 0.2) is 0 Å². The van der Waals surface area contributed by atoms with E-state index in [0.717, 1.165) is 12.1 Å². The molecule has 1 rings (SSSR count). The molecule has 1 aromatic heterocycles. The molecular formula is C9H15N3O. The molecule has 0 bridgehead atoms. The number of nitrogens with zero attached hydrogens (tertiary/aromatic N) is 2. The standard InChI is InChI=1S/C9H15N3O/c1-2-8(6-13)11-5-9-3-4-10-7-12-9/h3-4,7-8,11,13H,2,5-6H2,1H3. The van der Waals surface area contributed by atoms with Gasteiger partial charge < -0.3 is 10.4 Å². The van der Waals surface area contributed by atoms with E-state index in [0.29, 0.717) is 6.54 Å². The van der Waals surface area contributed by atoms with Crippen molar-refractivity contribution in [2.45, 2.75) is 25.9 Å². The van der Waals surface area contributed by atoms with Crippen molar-refractivity contribution in [2.75, 3.05) is 6.61 Å². The molecule has 1 atom stereocenters. The van der Waals surface area contributed by atoms with E-state index >= 15 is 0 Å². The van der Waals surface area contributed by atoms with Crippen LogP contribution >= 0.6 is 0 Å². The van der Waals surface area contributed by atoms with Crippen LogP contribution in [0, 0.1) is 0 Å². The van der Waals surface area contributed by atoms with Gasteiger partial charge in [-0.25, -0.2) is 9.97 Å². The van der Waals surface area contributed by atoms with Crippen LogP contribution in [-0.2, 0) is 6.54 Å². The predicted octanol–water partition coefficient (Wildman–Crippen LogP) is 0.337. The van der Waals surface area contributed by atoms with Crippen LogP contribution in [0.25, 0.3) is 0 Å². The average molecular weight is 181 g/mol. The fourth-order valence-electron chi connectivity index (χ4n) is 1.01. The van der Waals surface area contributed by atoms with E-state index in [4.69, 9.17) is 5.11 Å². The Kier molecular flexibility index (Phi) is 4.35. The van der Waals surface area contributed by atoms with Crippen molar-refractivity contribution < 1.29 is 5.11 Å². The van der Waals surface area contributed by atoms with Crippen LogP contribution in [0.2, 0.25) is 0 Å². The molecule has 0 saturated carbocycles. The van der Waals surface area contributed by atoms with Crippen molar-refractivity contribution in [3.63, 3.8) is 0 Å². The average Bonchev–Trinajstić information content (AvgIpc) is 2.21. The lowest BCUT2D eigenvalue weighted by molar-refractivity contribution is 0.238. The van der Waals surface area contributed by atoms with Crippen LogP contribution in [0.4, 0.5) is 0 Å². The highest BCUT2D eigenvalue weighted by molar-refractivity contribution is 4.97. The van der Waals surface area contributed by atoms with Crippen molar-refractivity contribution >= 4 is 0 Å². The Hall–Kier alpha value is -1.00. The second kappa shape index (κ2) is 5.61. The SMILES string of the molecule is CCC(CO)NCc1ccncn1. The maximum atomic E-state index is 8.91. The molecule has 1 unspecified atom stereocenters. The highest BCUT2D eigenvalue weighted by Gasteiger charge is 2.02. The van der Waals surface area contributed by atoms with Gasteiger partial charge in [0.25, 0.3) is 0 Å². The molecule has 0 amide bonds. The maximum absolute atomic E-state index is 8.91. The summed E-state index contributed by atoms with van der Waals surface area (Å²) >= 11 is 0. The molecule has 0 saturated heterocycles. The lowest BCUT2D eigenvalue weighted by atomic mass is 10.2. The van der Waals surface area contributed by atoms with Gasteiger partial charge in [0.05, 0.1) is 12.3 Å². The van der Waals surface area contributed by atoms with Crippen molar-refractivity contribution in [1.82, 2.24) is 15.3 Å². The molecule has 1 heterocycles. The van der Waals surface area contributed by atoms with E-state index in [9.17, 15) is 0 Å². The minimum absolute atomic E-state index is 0.162. The molecule has 0 aliphatic rings. The van der Waals surface area contributed by atoms with Gasteiger partial charge in [0.2, 0.25) is 0 Å². The van der Waals surface area contributed by atoms with E-state index in [1.807, 2.05) is 13.0 Å². The summed E-state index contributed by atoms with van der Waals surface area (Å²) in [5, 5.41) is 12.1. The summed E-state index contributed by atoms with van der Waals surface area (Å²) < 4.78 is 0. The number of rotatable bonds is 5. The first kappa shape index (κ1) is 10.1. The Bertz CT molecular complexity index is 224. The first-order chi connectivity index (χ1) is 6.36. The van der Waals surface area contributed by atoms with Gasteiger partial charge in [-0.2, -0.15) is 0 Å². The van der Waals surface area contributed by atoms with Gasteiger partial charge in [-0.05, 0) is 12.5 Å². The van der Waals surface area contributed by atoms with Gasteiger partial charge in [-0.1, -0.05) is 6.92 Å². The monoisotopic (exact) mass is 181 g/mol. The summed E-state index contributed by atoms with van der Waals surface area (Å²) in [6.45, 7) is 2.89. The van der Waals surface area contributed by atoms with Crippen molar-refractivity contribution in [3.8, 4) is 0 Å². The Morgan fingerprint density at radius 3 is 3.00 bits per heavy atom. The number of nitrogens with one attached hydrogen (secondary N) is 1. The highest BCUT2D eigenvalue weighted by Crippen LogP contribution is 1.94. The molecule has 4 heteroatoms. The van der Waals surface area contributed by atoms with E-state index < -0.39 is 0 Å². The zero-order chi connectivity index (χ0) is 9.52. The zero-order valence-corrected chi connectivity index (χ0v) is 7.77. The molecule has 0 radical (unpaired) electrons. The van der Waals surface area contributed by atoms with Crippen molar-refractivity contribution in [2.24, 2.45) is 0 Å². The topological polar surface area (TPSA) is 58.0 Å². The number of hydrogen-bond acceptors (Lipinski definition) is 4. The minimum Gasteiger partial charge on any atom is -0.395 e. The smallest absolute Gasteiger partial charge is 0.115 e. The normalized spacial score (nSPS) is 12.8. The Morgan fingerprint density at radius 2 is 2.46 bits per heavy atom. The van der Waals surface area contributed by atoms with Crippen LogP contribution in [-0.4, -0.2) is 27.7 Å². The fourth-order valence-corrected chi connectivity index (χ4v) is 1.01. The summed E-state index contributed by atoms with van der Waals surface area (Å²) in [5.41, 5.74) is 0.946. The second-order valence-corrected chi connectivity index (χ2v) is 2.87. The van der Waals surface area contributed by atoms with E-state index in [1.54, 1.807) is 6.20 Å². The van der Waals surface area contributed by atoms with Crippen LogP contribution in [0.15, 0.2) is 18.6 Å². The summed E-state index contributed by atoms with van der Waals surface area (Å²) in [4.78, 5) is 7.89. The number of aromatic nitrogens is 2.